The van der Waals surface area contributed by atoms with Crippen molar-refractivity contribution in [2.24, 2.45) is 23.2 Å². The number of amides is 1. The van der Waals surface area contributed by atoms with E-state index in [1.165, 1.54) is 23.8 Å². The molecule has 1 aromatic heterocycles. The van der Waals surface area contributed by atoms with E-state index in [0.717, 1.165) is 37.7 Å². The normalized spacial score (nSPS) is 27.6. The number of nitrogens with one attached hydrogen (secondary N) is 1. The van der Waals surface area contributed by atoms with E-state index in [1.807, 2.05) is 37.3 Å². The maximum atomic E-state index is 14.3. The smallest absolute Gasteiger partial charge is 0.330 e. The fourth-order valence-corrected chi connectivity index (χ4v) is 7.05. The number of aromatic nitrogens is 2. The molecule has 3 N–H and O–H groups in total. The molecule has 0 atom stereocenters. The predicted molar refractivity (Wildman–Crippen MR) is 129 cm³/mol. The van der Waals surface area contributed by atoms with Gasteiger partial charge in [0.15, 0.2) is 5.69 Å². The molecule has 7 nitrogen and oxygen atoms in total. The lowest BCUT2D eigenvalue weighted by Crippen LogP contribution is -2.55. The minimum atomic E-state index is -0.584. The van der Waals surface area contributed by atoms with Crippen molar-refractivity contribution in [1.82, 2.24) is 9.55 Å². The van der Waals surface area contributed by atoms with Crippen molar-refractivity contribution in [2.75, 3.05) is 10.6 Å². The molecule has 0 aliphatic heterocycles. The number of carbonyl (C=O) groups excluding carboxylic acids is 1. The second kappa shape index (κ2) is 8.50. The number of carbonyl (C=O) groups is 1. The van der Waals surface area contributed by atoms with Crippen LogP contribution in [0, 0.1) is 23.2 Å². The molecule has 4 aliphatic rings. The minimum Gasteiger partial charge on any atom is -0.383 e. The summed E-state index contributed by atoms with van der Waals surface area (Å²) in [7, 11) is 0. The Morgan fingerprint density at radius 3 is 2.27 bits per heavy atom. The van der Waals surface area contributed by atoms with Crippen molar-refractivity contribution >= 4 is 17.4 Å². The molecular formula is C26H34N4O3. The number of nitrogen functional groups attached to an aromatic ring is 1. The standard InChI is InChI=1S/C26H34N4O3/c1-2-3-9-29-22(27)21(23(31)28-25(29)33)30(16-17-7-5-4-6-8-17)24(32)26-13-18-10-19(14-26)12-20(11-18)15-26/h4-8,18-20H,2-3,9-16,27H2,1H3,(H,28,31,33). The Balaban J connectivity index is 1.60. The molecule has 33 heavy (non-hydrogen) atoms. The molecule has 2 aromatic rings. The summed E-state index contributed by atoms with van der Waals surface area (Å²) in [5.74, 6) is 1.91. The Hall–Kier alpha value is -2.83. The lowest BCUT2D eigenvalue weighted by atomic mass is 9.49. The highest BCUT2D eigenvalue weighted by Crippen LogP contribution is 2.60. The minimum absolute atomic E-state index is 0.00310. The Morgan fingerprint density at radius 1 is 1.09 bits per heavy atom. The number of H-pyrrole nitrogens is 1. The van der Waals surface area contributed by atoms with E-state index in [0.29, 0.717) is 24.3 Å². The molecular weight excluding hydrogens is 416 g/mol. The molecule has 1 amide bonds. The van der Waals surface area contributed by atoms with Crippen LogP contribution in [-0.2, 0) is 17.9 Å². The molecule has 1 aromatic carbocycles. The fourth-order valence-electron chi connectivity index (χ4n) is 7.05. The average Bonchev–Trinajstić information content (AvgIpc) is 2.77. The summed E-state index contributed by atoms with van der Waals surface area (Å²) >= 11 is 0. The second-order valence-electron chi connectivity index (χ2n) is 10.6. The van der Waals surface area contributed by atoms with E-state index in [9.17, 15) is 14.4 Å². The molecule has 0 saturated heterocycles. The third kappa shape index (κ3) is 3.91. The van der Waals surface area contributed by atoms with Crippen LogP contribution in [0.3, 0.4) is 0 Å². The van der Waals surface area contributed by atoms with Crippen molar-refractivity contribution in [2.45, 2.75) is 71.4 Å². The van der Waals surface area contributed by atoms with E-state index in [-0.39, 0.29) is 24.0 Å². The van der Waals surface area contributed by atoms with Gasteiger partial charge in [0.05, 0.1) is 12.0 Å². The van der Waals surface area contributed by atoms with Crippen LogP contribution in [0.1, 0.15) is 63.9 Å². The number of hydrogen-bond donors (Lipinski definition) is 2. The number of hydrogen-bond acceptors (Lipinski definition) is 4. The largest absolute Gasteiger partial charge is 0.383 e. The lowest BCUT2D eigenvalue weighted by Gasteiger charge is -2.56. The molecule has 0 unspecified atom stereocenters. The van der Waals surface area contributed by atoms with Gasteiger partial charge in [0.2, 0.25) is 5.91 Å². The second-order valence-corrected chi connectivity index (χ2v) is 10.6. The van der Waals surface area contributed by atoms with E-state index < -0.39 is 16.7 Å². The monoisotopic (exact) mass is 450 g/mol. The van der Waals surface area contributed by atoms with Crippen LogP contribution in [0.4, 0.5) is 11.5 Å². The maximum Gasteiger partial charge on any atom is 0.330 e. The van der Waals surface area contributed by atoms with Crippen molar-refractivity contribution < 1.29 is 4.79 Å². The Kier molecular flexibility index (Phi) is 5.67. The number of nitrogens with two attached hydrogens (primary N) is 1. The number of benzene rings is 1. The molecule has 4 fully saturated rings. The van der Waals surface area contributed by atoms with Crippen LogP contribution in [0.2, 0.25) is 0 Å². The third-order valence-electron chi connectivity index (χ3n) is 8.14. The van der Waals surface area contributed by atoms with E-state index in [1.54, 1.807) is 4.90 Å². The number of unbranched alkanes of at least 4 members (excludes halogenated alkanes) is 1. The summed E-state index contributed by atoms with van der Waals surface area (Å²) in [4.78, 5) is 44.0. The van der Waals surface area contributed by atoms with E-state index >= 15 is 0 Å². The lowest BCUT2D eigenvalue weighted by molar-refractivity contribution is -0.143. The molecule has 0 spiro atoms. The molecule has 6 rings (SSSR count). The van der Waals surface area contributed by atoms with Crippen molar-refractivity contribution in [3.8, 4) is 0 Å². The fraction of sp³-hybridized carbons (Fsp3) is 0.577. The summed E-state index contributed by atoms with van der Waals surface area (Å²) in [6, 6.07) is 9.70. The van der Waals surface area contributed by atoms with Gasteiger partial charge in [0.1, 0.15) is 5.82 Å². The van der Waals surface area contributed by atoms with Gasteiger partial charge in [-0.2, -0.15) is 0 Å². The van der Waals surface area contributed by atoms with Crippen molar-refractivity contribution in [3.63, 3.8) is 0 Å². The van der Waals surface area contributed by atoms with Gasteiger partial charge in [0.25, 0.3) is 5.56 Å². The van der Waals surface area contributed by atoms with Crippen LogP contribution in [0.15, 0.2) is 39.9 Å². The van der Waals surface area contributed by atoms with Crippen molar-refractivity contribution in [1.29, 1.82) is 0 Å². The van der Waals surface area contributed by atoms with Gasteiger partial charge in [0, 0.05) is 6.54 Å². The van der Waals surface area contributed by atoms with Crippen LogP contribution in [0.5, 0.6) is 0 Å². The molecule has 7 heteroatoms. The van der Waals surface area contributed by atoms with Crippen LogP contribution in [-0.4, -0.2) is 15.5 Å². The van der Waals surface area contributed by atoms with Gasteiger partial charge < -0.3 is 5.73 Å². The van der Waals surface area contributed by atoms with Gasteiger partial charge in [-0.15, -0.1) is 0 Å². The predicted octanol–water partition coefficient (Wildman–Crippen LogP) is 3.67. The van der Waals surface area contributed by atoms with Crippen LogP contribution >= 0.6 is 0 Å². The molecule has 4 saturated carbocycles. The zero-order valence-corrected chi connectivity index (χ0v) is 19.4. The van der Waals surface area contributed by atoms with Gasteiger partial charge in [-0.05, 0) is 68.3 Å². The van der Waals surface area contributed by atoms with Gasteiger partial charge in [-0.1, -0.05) is 43.7 Å². The van der Waals surface area contributed by atoms with Gasteiger partial charge in [-0.25, -0.2) is 4.79 Å². The van der Waals surface area contributed by atoms with Gasteiger partial charge >= 0.3 is 5.69 Å². The zero-order valence-electron chi connectivity index (χ0n) is 19.4. The highest BCUT2D eigenvalue weighted by molar-refractivity contribution is 5.99. The van der Waals surface area contributed by atoms with E-state index in [4.69, 9.17) is 5.73 Å². The summed E-state index contributed by atoms with van der Waals surface area (Å²) in [5, 5.41) is 0. The summed E-state index contributed by atoms with van der Waals surface area (Å²) < 4.78 is 1.41. The molecule has 1 heterocycles. The molecule has 176 valence electrons. The Labute approximate surface area is 194 Å². The number of nitrogens with zero attached hydrogens (tertiary/aromatic N) is 2. The number of anilines is 2. The zero-order chi connectivity index (χ0) is 23.2. The molecule has 4 bridgehead atoms. The number of rotatable bonds is 7. The first-order valence-corrected chi connectivity index (χ1v) is 12.4. The quantitative estimate of drug-likeness (QED) is 0.672. The van der Waals surface area contributed by atoms with Crippen LogP contribution < -0.4 is 21.9 Å². The Bertz CT molecular complexity index is 1120. The summed E-state index contributed by atoms with van der Waals surface area (Å²) in [6.45, 7) is 2.71. The first-order chi connectivity index (χ1) is 15.9. The van der Waals surface area contributed by atoms with Crippen molar-refractivity contribution in [3.05, 3.63) is 56.7 Å². The molecule has 0 radical (unpaired) electrons. The summed E-state index contributed by atoms with van der Waals surface area (Å²) in [6.07, 6.45) is 8.04. The highest BCUT2D eigenvalue weighted by Gasteiger charge is 2.56. The maximum absolute atomic E-state index is 14.3. The van der Waals surface area contributed by atoms with Gasteiger partial charge in [-0.3, -0.25) is 24.0 Å². The molecule has 4 aliphatic carbocycles. The number of aromatic amines is 1. The third-order valence-corrected chi connectivity index (χ3v) is 8.14. The Morgan fingerprint density at radius 2 is 1.70 bits per heavy atom. The first-order valence-electron chi connectivity index (χ1n) is 12.4. The van der Waals surface area contributed by atoms with E-state index in [2.05, 4.69) is 4.98 Å². The highest BCUT2D eigenvalue weighted by atomic mass is 16.2. The topological polar surface area (TPSA) is 101 Å². The SMILES string of the molecule is CCCCn1c(N)c(N(Cc2ccccc2)C(=O)C23CC4CC(CC(C4)C2)C3)c(=O)[nH]c1=O. The average molecular weight is 451 g/mol. The van der Waals surface area contributed by atoms with Crippen LogP contribution in [0.25, 0.3) is 0 Å². The summed E-state index contributed by atoms with van der Waals surface area (Å²) in [5.41, 5.74) is 5.99. The first kappa shape index (κ1) is 22.0.